The van der Waals surface area contributed by atoms with Gasteiger partial charge in [0.15, 0.2) is 0 Å². The summed E-state index contributed by atoms with van der Waals surface area (Å²) in [4.78, 5) is 24.6. The van der Waals surface area contributed by atoms with Gasteiger partial charge in [-0.05, 0) is 51.4 Å². The lowest BCUT2D eigenvalue weighted by atomic mass is 10.0. The highest BCUT2D eigenvalue weighted by molar-refractivity contribution is 5.76. The first kappa shape index (κ1) is 74.6. The number of amides is 1. The topological polar surface area (TPSA) is 95.9 Å². The second-order valence-electron chi connectivity index (χ2n) is 24.2. The molecule has 6 nitrogen and oxygen atoms in total. The fraction of sp³-hybridized carbons (Fsp3) is 0.943. The molecule has 0 fully saturated rings. The van der Waals surface area contributed by atoms with E-state index in [1.165, 1.54) is 321 Å². The Balaban J connectivity index is 3.30. The highest BCUT2D eigenvalue weighted by atomic mass is 16.5. The number of allylic oxidation sites excluding steroid dienone is 2. The molecule has 0 heterocycles. The Morgan fingerprint density at radius 3 is 0.934 bits per heavy atom. The van der Waals surface area contributed by atoms with Gasteiger partial charge in [0.05, 0.1) is 25.4 Å². The van der Waals surface area contributed by atoms with Crippen molar-refractivity contribution in [1.29, 1.82) is 0 Å². The van der Waals surface area contributed by atoms with Crippen molar-refractivity contribution >= 4 is 11.9 Å². The summed E-state index contributed by atoms with van der Waals surface area (Å²) in [5, 5.41) is 23.3. The lowest BCUT2D eigenvalue weighted by Crippen LogP contribution is -2.45. The van der Waals surface area contributed by atoms with E-state index in [1.807, 2.05) is 0 Å². The molecule has 0 saturated carbocycles. The second kappa shape index (κ2) is 66.1. The standard InChI is InChI=1S/C70H137NO5/c1-3-5-7-9-11-13-15-17-18-33-37-40-44-48-52-56-60-64-70(75)76-65-61-57-53-49-45-41-38-35-32-30-28-26-24-22-20-19-21-23-25-27-29-31-34-36-39-43-47-51-55-59-63-69(74)71-67(66-72)68(73)62-58-54-50-46-42-16-14-12-10-8-6-4-2/h17-18,67-68,72-73H,3-16,19-66H2,1-2H3,(H,71,74)/b18-17-. The minimum Gasteiger partial charge on any atom is -0.466 e. The van der Waals surface area contributed by atoms with Crippen molar-refractivity contribution in [3.8, 4) is 0 Å². The number of hydrogen-bond donors (Lipinski definition) is 3. The predicted molar refractivity (Wildman–Crippen MR) is 333 cm³/mol. The average molecular weight is 1070 g/mol. The molecule has 2 atom stereocenters. The lowest BCUT2D eigenvalue weighted by Gasteiger charge is -2.22. The fourth-order valence-electron chi connectivity index (χ4n) is 11.2. The van der Waals surface area contributed by atoms with E-state index < -0.39 is 12.1 Å². The largest absolute Gasteiger partial charge is 0.466 e. The summed E-state index contributed by atoms with van der Waals surface area (Å²) in [5.41, 5.74) is 0. The number of nitrogens with one attached hydrogen (secondary N) is 1. The Labute approximate surface area is 476 Å². The van der Waals surface area contributed by atoms with Crippen molar-refractivity contribution in [2.24, 2.45) is 0 Å². The molecule has 0 spiro atoms. The molecule has 0 bridgehead atoms. The summed E-state index contributed by atoms with van der Waals surface area (Å²) >= 11 is 0. The van der Waals surface area contributed by atoms with E-state index in [0.717, 1.165) is 44.9 Å². The van der Waals surface area contributed by atoms with Crippen LogP contribution in [-0.2, 0) is 14.3 Å². The van der Waals surface area contributed by atoms with E-state index in [-0.39, 0.29) is 18.5 Å². The zero-order valence-corrected chi connectivity index (χ0v) is 51.8. The first-order valence-corrected chi connectivity index (χ1v) is 34.9. The minimum absolute atomic E-state index is 0.0176. The maximum Gasteiger partial charge on any atom is 0.305 e. The Bertz CT molecular complexity index is 1140. The number of unbranched alkanes of at least 4 members (excludes halogenated alkanes) is 53. The van der Waals surface area contributed by atoms with E-state index >= 15 is 0 Å². The van der Waals surface area contributed by atoms with Crippen LogP contribution in [0.2, 0.25) is 0 Å². The number of hydrogen-bond acceptors (Lipinski definition) is 5. The molecule has 0 rings (SSSR count). The van der Waals surface area contributed by atoms with Gasteiger partial charge in [0.1, 0.15) is 0 Å². The van der Waals surface area contributed by atoms with Gasteiger partial charge < -0.3 is 20.3 Å². The van der Waals surface area contributed by atoms with Gasteiger partial charge >= 0.3 is 5.97 Å². The number of esters is 1. The molecule has 0 aromatic heterocycles. The molecule has 0 saturated heterocycles. The minimum atomic E-state index is -0.659. The lowest BCUT2D eigenvalue weighted by molar-refractivity contribution is -0.143. The number of aliphatic hydroxyl groups excluding tert-OH is 2. The Morgan fingerprint density at radius 1 is 0.355 bits per heavy atom. The third kappa shape index (κ3) is 61.8. The van der Waals surface area contributed by atoms with Gasteiger partial charge in [0.25, 0.3) is 0 Å². The first-order valence-electron chi connectivity index (χ1n) is 34.9. The summed E-state index contributed by atoms with van der Waals surface area (Å²) in [5.74, 6) is -0.0116. The van der Waals surface area contributed by atoms with Gasteiger partial charge in [0, 0.05) is 12.8 Å². The number of carbonyl (C=O) groups excluding carboxylic acids is 2. The molecule has 2 unspecified atom stereocenters. The average Bonchev–Trinajstić information content (AvgIpc) is 3.42. The summed E-state index contributed by atoms with van der Waals surface area (Å²) in [6.07, 6.45) is 81.2. The van der Waals surface area contributed by atoms with Crippen molar-refractivity contribution in [2.45, 2.75) is 411 Å². The van der Waals surface area contributed by atoms with Gasteiger partial charge in [-0.15, -0.1) is 0 Å². The molecule has 76 heavy (non-hydrogen) atoms. The molecular weight excluding hydrogens is 935 g/mol. The van der Waals surface area contributed by atoms with Crippen molar-refractivity contribution < 1.29 is 24.5 Å². The zero-order chi connectivity index (χ0) is 55.0. The number of aliphatic hydroxyl groups is 2. The van der Waals surface area contributed by atoms with E-state index in [1.54, 1.807) is 0 Å². The summed E-state index contributed by atoms with van der Waals surface area (Å²) in [6, 6.07) is -0.536. The fourth-order valence-corrected chi connectivity index (χ4v) is 11.2. The van der Waals surface area contributed by atoms with Crippen molar-refractivity contribution in [1.82, 2.24) is 5.32 Å². The highest BCUT2D eigenvalue weighted by Crippen LogP contribution is 2.19. The van der Waals surface area contributed by atoms with Crippen molar-refractivity contribution in [2.75, 3.05) is 13.2 Å². The summed E-state index contributed by atoms with van der Waals surface area (Å²) in [7, 11) is 0. The molecule has 3 N–H and O–H groups in total. The van der Waals surface area contributed by atoms with Gasteiger partial charge in [0.2, 0.25) is 5.91 Å². The molecule has 0 aromatic carbocycles. The van der Waals surface area contributed by atoms with Crippen LogP contribution in [0, 0.1) is 0 Å². The second-order valence-corrected chi connectivity index (χ2v) is 24.2. The Kier molecular flexibility index (Phi) is 64.9. The van der Waals surface area contributed by atoms with E-state index in [0.29, 0.717) is 25.9 Å². The van der Waals surface area contributed by atoms with Crippen LogP contribution in [-0.4, -0.2) is 47.4 Å². The number of carbonyl (C=O) groups is 2. The number of rotatable bonds is 66. The first-order chi connectivity index (χ1) is 37.5. The molecule has 452 valence electrons. The van der Waals surface area contributed by atoms with Gasteiger partial charge in [-0.2, -0.15) is 0 Å². The molecule has 0 aliphatic rings. The third-order valence-electron chi connectivity index (χ3n) is 16.6. The summed E-state index contributed by atoms with van der Waals surface area (Å²) in [6.45, 7) is 4.98. The molecule has 6 heteroatoms. The highest BCUT2D eigenvalue weighted by Gasteiger charge is 2.20. The summed E-state index contributed by atoms with van der Waals surface area (Å²) < 4.78 is 5.50. The van der Waals surface area contributed by atoms with E-state index in [2.05, 4.69) is 31.3 Å². The molecule has 0 radical (unpaired) electrons. The molecule has 0 aromatic rings. The van der Waals surface area contributed by atoms with Crippen LogP contribution in [0.4, 0.5) is 0 Å². The van der Waals surface area contributed by atoms with Crippen LogP contribution in [0.5, 0.6) is 0 Å². The van der Waals surface area contributed by atoms with Crippen LogP contribution in [0.3, 0.4) is 0 Å². The monoisotopic (exact) mass is 1070 g/mol. The van der Waals surface area contributed by atoms with Crippen LogP contribution < -0.4 is 5.32 Å². The van der Waals surface area contributed by atoms with Crippen LogP contribution in [0.1, 0.15) is 399 Å². The SMILES string of the molecule is CCCCCCCC/C=C\CCCCCCCCCC(=O)OCCCCCCCCCCCCCCCCCCCCCCCCCCCCCCCCC(=O)NC(CO)C(O)CCCCCCCCCCCCCC. The van der Waals surface area contributed by atoms with E-state index in [9.17, 15) is 19.8 Å². The van der Waals surface area contributed by atoms with Crippen molar-refractivity contribution in [3.05, 3.63) is 12.2 Å². The van der Waals surface area contributed by atoms with Gasteiger partial charge in [-0.3, -0.25) is 9.59 Å². The maximum atomic E-state index is 12.5. The third-order valence-corrected chi connectivity index (χ3v) is 16.6. The van der Waals surface area contributed by atoms with Crippen LogP contribution in [0.25, 0.3) is 0 Å². The number of ether oxygens (including phenoxy) is 1. The van der Waals surface area contributed by atoms with Gasteiger partial charge in [-0.25, -0.2) is 0 Å². The van der Waals surface area contributed by atoms with Gasteiger partial charge in [-0.1, -0.05) is 347 Å². The van der Waals surface area contributed by atoms with Crippen molar-refractivity contribution in [3.63, 3.8) is 0 Å². The quantitative estimate of drug-likeness (QED) is 0.0320. The normalized spacial score (nSPS) is 12.5. The van der Waals surface area contributed by atoms with Crippen LogP contribution >= 0.6 is 0 Å². The molecule has 0 aliphatic heterocycles. The van der Waals surface area contributed by atoms with E-state index in [4.69, 9.17) is 4.74 Å². The molecule has 1 amide bonds. The smallest absolute Gasteiger partial charge is 0.305 e. The maximum absolute atomic E-state index is 12.5. The zero-order valence-electron chi connectivity index (χ0n) is 51.8. The Morgan fingerprint density at radius 2 is 0.618 bits per heavy atom. The predicted octanol–water partition coefficient (Wildman–Crippen LogP) is 22.4. The van der Waals surface area contributed by atoms with Crippen LogP contribution in [0.15, 0.2) is 12.2 Å². The Hall–Kier alpha value is -1.40. The molecule has 0 aliphatic carbocycles. The molecular formula is C70H137NO5.